The van der Waals surface area contributed by atoms with E-state index in [4.69, 9.17) is 17.3 Å². The number of halogens is 1. The molecule has 3 aromatic rings. The molecule has 1 aliphatic rings. The number of aromatic nitrogens is 3. The summed E-state index contributed by atoms with van der Waals surface area (Å²) in [4.78, 5) is 17.2. The molecule has 8 heteroatoms. The second-order valence-electron chi connectivity index (χ2n) is 6.61. The minimum Gasteiger partial charge on any atom is -0.346 e. The number of nitrogens with zero attached hydrogens (tertiary/aromatic N) is 3. The van der Waals surface area contributed by atoms with E-state index >= 15 is 0 Å². The molecule has 1 amide bonds. The first-order valence-corrected chi connectivity index (χ1v) is 9.98. The zero-order valence-corrected chi connectivity index (χ0v) is 15.8. The number of carbonyl (C=O) groups is 1. The standard InChI is InChI=1S/C18H20ClN5OS/c19-16-15(11-10-21-24-9-5-4-8-14(11)24)23-18(26-16)17(25)22-13-7-3-1-2-6-12(13)20/h4-5,8-10,12-13H,1-3,6-7,20H2,(H,22,25). The van der Waals surface area contributed by atoms with Crippen LogP contribution in [0.1, 0.15) is 41.9 Å². The molecule has 0 aromatic carbocycles. The van der Waals surface area contributed by atoms with Crippen LogP contribution in [0.15, 0.2) is 30.6 Å². The van der Waals surface area contributed by atoms with E-state index < -0.39 is 0 Å². The van der Waals surface area contributed by atoms with Gasteiger partial charge in [0.05, 0.1) is 11.7 Å². The molecule has 4 rings (SSSR count). The molecule has 3 aromatic heterocycles. The van der Waals surface area contributed by atoms with Crippen LogP contribution in [-0.4, -0.2) is 32.6 Å². The van der Waals surface area contributed by atoms with Crippen LogP contribution in [0.3, 0.4) is 0 Å². The lowest BCUT2D eigenvalue weighted by Crippen LogP contribution is -2.46. The average Bonchev–Trinajstić information content (AvgIpc) is 3.17. The third-order valence-corrected chi connectivity index (χ3v) is 6.10. The maximum absolute atomic E-state index is 12.7. The zero-order chi connectivity index (χ0) is 18.1. The Hall–Kier alpha value is -1.96. The molecule has 26 heavy (non-hydrogen) atoms. The molecule has 0 bridgehead atoms. The summed E-state index contributed by atoms with van der Waals surface area (Å²) >= 11 is 7.58. The maximum atomic E-state index is 12.7. The van der Waals surface area contributed by atoms with Crippen LogP contribution in [0.25, 0.3) is 16.8 Å². The number of thiazole rings is 1. The Bertz CT molecular complexity index is 937. The monoisotopic (exact) mass is 389 g/mol. The quantitative estimate of drug-likeness (QED) is 0.671. The van der Waals surface area contributed by atoms with Crippen molar-refractivity contribution in [3.8, 4) is 11.3 Å². The normalized spacial score (nSPS) is 20.8. The Morgan fingerprint density at radius 3 is 3.04 bits per heavy atom. The minimum atomic E-state index is -0.207. The Labute approximate surface area is 160 Å². The van der Waals surface area contributed by atoms with Crippen LogP contribution in [0.4, 0.5) is 0 Å². The largest absolute Gasteiger partial charge is 0.346 e. The predicted octanol–water partition coefficient (Wildman–Crippen LogP) is 3.50. The molecule has 3 N–H and O–H groups in total. The Morgan fingerprint density at radius 2 is 2.15 bits per heavy atom. The first-order valence-electron chi connectivity index (χ1n) is 8.79. The van der Waals surface area contributed by atoms with Gasteiger partial charge in [0.1, 0.15) is 10.0 Å². The van der Waals surface area contributed by atoms with Gasteiger partial charge in [-0.05, 0) is 25.0 Å². The van der Waals surface area contributed by atoms with Crippen LogP contribution < -0.4 is 11.1 Å². The van der Waals surface area contributed by atoms with Gasteiger partial charge < -0.3 is 11.1 Å². The number of rotatable bonds is 3. The maximum Gasteiger partial charge on any atom is 0.280 e. The van der Waals surface area contributed by atoms with Crippen molar-refractivity contribution < 1.29 is 4.79 Å². The fourth-order valence-electron chi connectivity index (χ4n) is 3.43. The molecule has 1 aliphatic carbocycles. The van der Waals surface area contributed by atoms with Gasteiger partial charge in [0.2, 0.25) is 0 Å². The first kappa shape index (κ1) is 17.5. The van der Waals surface area contributed by atoms with E-state index in [-0.39, 0.29) is 18.0 Å². The minimum absolute atomic E-state index is 0.00373. The molecule has 0 aliphatic heterocycles. The lowest BCUT2D eigenvalue weighted by molar-refractivity contribution is 0.0928. The van der Waals surface area contributed by atoms with Crippen molar-refractivity contribution in [3.05, 3.63) is 39.9 Å². The molecule has 136 valence electrons. The van der Waals surface area contributed by atoms with Crippen molar-refractivity contribution in [2.24, 2.45) is 5.73 Å². The number of fused-ring (bicyclic) bond motifs is 1. The lowest BCUT2D eigenvalue weighted by Gasteiger charge is -2.22. The van der Waals surface area contributed by atoms with E-state index in [1.165, 1.54) is 17.8 Å². The number of hydrogen-bond donors (Lipinski definition) is 2. The van der Waals surface area contributed by atoms with Gasteiger partial charge in [-0.2, -0.15) is 5.10 Å². The van der Waals surface area contributed by atoms with Crippen molar-refractivity contribution in [1.82, 2.24) is 19.9 Å². The van der Waals surface area contributed by atoms with E-state index in [1.54, 1.807) is 10.7 Å². The average molecular weight is 390 g/mol. The lowest BCUT2D eigenvalue weighted by atomic mass is 10.0. The number of pyridine rings is 1. The van der Waals surface area contributed by atoms with Gasteiger partial charge in [-0.25, -0.2) is 9.50 Å². The summed E-state index contributed by atoms with van der Waals surface area (Å²) < 4.78 is 2.24. The summed E-state index contributed by atoms with van der Waals surface area (Å²) in [6.45, 7) is 0. The third-order valence-electron chi connectivity index (χ3n) is 4.85. The second-order valence-corrected chi connectivity index (χ2v) is 8.21. The van der Waals surface area contributed by atoms with Gasteiger partial charge in [0.15, 0.2) is 5.01 Å². The molecular formula is C18H20ClN5OS. The highest BCUT2D eigenvalue weighted by Crippen LogP contribution is 2.34. The van der Waals surface area contributed by atoms with Crippen LogP contribution in [-0.2, 0) is 0 Å². The molecule has 1 fully saturated rings. The highest BCUT2D eigenvalue weighted by molar-refractivity contribution is 7.18. The molecule has 0 spiro atoms. The second kappa shape index (κ2) is 7.34. The summed E-state index contributed by atoms with van der Waals surface area (Å²) in [6.07, 6.45) is 8.81. The summed E-state index contributed by atoms with van der Waals surface area (Å²) in [5.41, 5.74) is 8.52. The summed E-state index contributed by atoms with van der Waals surface area (Å²) in [5.74, 6) is -0.207. The van der Waals surface area contributed by atoms with Crippen molar-refractivity contribution in [2.75, 3.05) is 0 Å². The van der Waals surface area contributed by atoms with Crippen molar-refractivity contribution in [2.45, 2.75) is 44.2 Å². The van der Waals surface area contributed by atoms with Crippen molar-refractivity contribution in [1.29, 1.82) is 0 Å². The van der Waals surface area contributed by atoms with Gasteiger partial charge in [0.25, 0.3) is 5.91 Å². The summed E-state index contributed by atoms with van der Waals surface area (Å²) in [5, 5.41) is 7.72. The SMILES string of the molecule is NC1CCCCCC1NC(=O)c1nc(-c2cnn3ccccc23)c(Cl)s1. The number of nitrogens with two attached hydrogens (primary N) is 1. The molecule has 1 saturated carbocycles. The van der Waals surface area contributed by atoms with Crippen LogP contribution in [0.2, 0.25) is 4.34 Å². The van der Waals surface area contributed by atoms with Crippen LogP contribution >= 0.6 is 22.9 Å². The smallest absolute Gasteiger partial charge is 0.280 e. The van der Waals surface area contributed by atoms with Gasteiger partial charge in [-0.3, -0.25) is 4.79 Å². The van der Waals surface area contributed by atoms with Crippen LogP contribution in [0, 0.1) is 0 Å². The summed E-state index contributed by atoms with van der Waals surface area (Å²) in [7, 11) is 0. The van der Waals surface area contributed by atoms with E-state index in [0.717, 1.165) is 36.8 Å². The molecule has 0 radical (unpaired) electrons. The highest BCUT2D eigenvalue weighted by Gasteiger charge is 2.25. The number of nitrogens with one attached hydrogen (secondary N) is 1. The number of amides is 1. The van der Waals surface area contributed by atoms with Gasteiger partial charge >= 0.3 is 0 Å². The third kappa shape index (κ3) is 3.34. The first-order chi connectivity index (χ1) is 12.6. The van der Waals surface area contributed by atoms with E-state index in [0.29, 0.717) is 15.0 Å². The summed E-state index contributed by atoms with van der Waals surface area (Å²) in [6, 6.07) is 5.77. The van der Waals surface area contributed by atoms with E-state index in [2.05, 4.69) is 15.4 Å². The molecule has 2 atom stereocenters. The van der Waals surface area contributed by atoms with E-state index in [9.17, 15) is 4.79 Å². The molecule has 0 saturated heterocycles. The van der Waals surface area contributed by atoms with E-state index in [1.807, 2.05) is 24.4 Å². The number of carbonyl (C=O) groups excluding carboxylic acids is 1. The fourth-order valence-corrected chi connectivity index (χ4v) is 4.50. The predicted molar refractivity (Wildman–Crippen MR) is 104 cm³/mol. The van der Waals surface area contributed by atoms with Gasteiger partial charge in [-0.1, -0.05) is 48.3 Å². The molecule has 6 nitrogen and oxygen atoms in total. The van der Waals surface area contributed by atoms with Crippen LogP contribution in [0.5, 0.6) is 0 Å². The Balaban J connectivity index is 1.59. The van der Waals surface area contributed by atoms with Crippen molar-refractivity contribution >= 4 is 34.4 Å². The zero-order valence-electron chi connectivity index (χ0n) is 14.2. The Morgan fingerprint density at radius 1 is 1.31 bits per heavy atom. The van der Waals surface area contributed by atoms with Crippen molar-refractivity contribution in [3.63, 3.8) is 0 Å². The molecule has 2 unspecified atom stereocenters. The van der Waals surface area contributed by atoms with Gasteiger partial charge in [0, 0.05) is 23.8 Å². The number of hydrogen-bond acceptors (Lipinski definition) is 5. The fraction of sp³-hybridized carbons (Fsp3) is 0.389. The van der Waals surface area contributed by atoms with Gasteiger partial charge in [-0.15, -0.1) is 0 Å². The molecule has 3 heterocycles. The highest BCUT2D eigenvalue weighted by atomic mass is 35.5. The molecular weight excluding hydrogens is 370 g/mol. The topological polar surface area (TPSA) is 85.3 Å². The Kier molecular flexibility index (Phi) is 4.93.